The predicted octanol–water partition coefficient (Wildman–Crippen LogP) is 3.99. The molecule has 0 heterocycles. The number of benzene rings is 1. The van der Waals surface area contributed by atoms with E-state index in [-0.39, 0.29) is 11.9 Å². The highest BCUT2D eigenvalue weighted by atomic mass is 16.5. The fraction of sp³-hybridized carbons (Fsp3) is 0.556. The standard InChI is InChI=1S/C18H29N3O3/c1-5-7-8-14(6-2)12-19-18(23)21-15-9-10-16(20-13(3)22)17(11-15)24-4/h9-11,14H,5-8,12H2,1-4H3,(H,20,22)(H2,19,21,23). The summed E-state index contributed by atoms with van der Waals surface area (Å²) >= 11 is 0. The topological polar surface area (TPSA) is 79.5 Å². The minimum absolute atomic E-state index is 0.176. The lowest BCUT2D eigenvalue weighted by atomic mass is 9.99. The molecule has 6 nitrogen and oxygen atoms in total. The number of hydrogen-bond donors (Lipinski definition) is 3. The summed E-state index contributed by atoms with van der Waals surface area (Å²) in [5, 5.41) is 8.38. The number of methoxy groups -OCH3 is 1. The quantitative estimate of drug-likeness (QED) is 0.638. The van der Waals surface area contributed by atoms with Crippen LogP contribution in [-0.4, -0.2) is 25.6 Å². The lowest BCUT2D eigenvalue weighted by Gasteiger charge is -2.16. The first kappa shape index (κ1) is 19.8. The van der Waals surface area contributed by atoms with Gasteiger partial charge >= 0.3 is 6.03 Å². The molecule has 0 aliphatic rings. The van der Waals surface area contributed by atoms with Gasteiger partial charge in [-0.05, 0) is 24.5 Å². The molecular weight excluding hydrogens is 306 g/mol. The molecule has 134 valence electrons. The van der Waals surface area contributed by atoms with Crippen molar-refractivity contribution in [2.75, 3.05) is 24.3 Å². The minimum atomic E-state index is -0.237. The van der Waals surface area contributed by atoms with Crippen LogP contribution in [0.1, 0.15) is 46.5 Å². The molecule has 0 radical (unpaired) electrons. The van der Waals surface area contributed by atoms with Gasteiger partial charge in [-0.3, -0.25) is 4.79 Å². The summed E-state index contributed by atoms with van der Waals surface area (Å²) in [7, 11) is 1.52. The summed E-state index contributed by atoms with van der Waals surface area (Å²) < 4.78 is 5.24. The molecule has 0 fully saturated rings. The van der Waals surface area contributed by atoms with Crippen LogP contribution < -0.4 is 20.7 Å². The van der Waals surface area contributed by atoms with Gasteiger partial charge in [-0.2, -0.15) is 0 Å². The lowest BCUT2D eigenvalue weighted by Crippen LogP contribution is -2.33. The van der Waals surface area contributed by atoms with Gasteiger partial charge in [-0.25, -0.2) is 4.79 Å². The maximum atomic E-state index is 12.0. The van der Waals surface area contributed by atoms with E-state index < -0.39 is 0 Å². The molecule has 3 amide bonds. The first-order valence-corrected chi connectivity index (χ1v) is 8.50. The number of carbonyl (C=O) groups is 2. The van der Waals surface area contributed by atoms with Crippen molar-refractivity contribution in [3.05, 3.63) is 18.2 Å². The van der Waals surface area contributed by atoms with Crippen LogP contribution in [0.15, 0.2) is 18.2 Å². The van der Waals surface area contributed by atoms with E-state index in [4.69, 9.17) is 4.74 Å². The van der Waals surface area contributed by atoms with Crippen molar-refractivity contribution in [1.82, 2.24) is 5.32 Å². The predicted molar refractivity (Wildman–Crippen MR) is 97.6 cm³/mol. The normalized spacial score (nSPS) is 11.5. The Hall–Kier alpha value is -2.24. The van der Waals surface area contributed by atoms with Gasteiger partial charge in [0.1, 0.15) is 5.75 Å². The summed E-state index contributed by atoms with van der Waals surface area (Å²) in [5.41, 5.74) is 1.18. The third-order valence-corrected chi connectivity index (χ3v) is 3.86. The Morgan fingerprint density at radius 1 is 1.21 bits per heavy atom. The summed E-state index contributed by atoms with van der Waals surface area (Å²) in [6.45, 7) is 6.42. The summed E-state index contributed by atoms with van der Waals surface area (Å²) in [4.78, 5) is 23.2. The monoisotopic (exact) mass is 335 g/mol. The third kappa shape index (κ3) is 6.89. The van der Waals surface area contributed by atoms with Crippen LogP contribution in [0.4, 0.5) is 16.2 Å². The number of unbranched alkanes of at least 4 members (excludes halogenated alkanes) is 1. The van der Waals surface area contributed by atoms with Gasteiger partial charge in [-0.1, -0.05) is 33.1 Å². The van der Waals surface area contributed by atoms with E-state index >= 15 is 0 Å². The maximum absolute atomic E-state index is 12.0. The second-order valence-corrected chi connectivity index (χ2v) is 5.85. The zero-order chi connectivity index (χ0) is 17.9. The smallest absolute Gasteiger partial charge is 0.319 e. The van der Waals surface area contributed by atoms with Gasteiger partial charge in [0.15, 0.2) is 0 Å². The van der Waals surface area contributed by atoms with E-state index in [1.54, 1.807) is 18.2 Å². The Balaban J connectivity index is 2.58. The van der Waals surface area contributed by atoms with Crippen LogP contribution in [0.2, 0.25) is 0 Å². The van der Waals surface area contributed by atoms with Crippen LogP contribution in [-0.2, 0) is 4.79 Å². The van der Waals surface area contributed by atoms with E-state index in [0.717, 1.165) is 12.8 Å². The van der Waals surface area contributed by atoms with Crippen molar-refractivity contribution in [3.8, 4) is 5.75 Å². The van der Waals surface area contributed by atoms with Gasteiger partial charge < -0.3 is 20.7 Å². The second kappa shape index (κ2) is 10.5. The Morgan fingerprint density at radius 3 is 2.54 bits per heavy atom. The zero-order valence-electron chi connectivity index (χ0n) is 15.1. The summed E-state index contributed by atoms with van der Waals surface area (Å²) in [5.74, 6) is 0.828. The van der Waals surface area contributed by atoms with Crippen LogP contribution in [0.3, 0.4) is 0 Å². The molecule has 1 atom stereocenters. The molecule has 1 aromatic carbocycles. The Kier molecular flexibility index (Phi) is 8.68. The highest BCUT2D eigenvalue weighted by Gasteiger charge is 2.10. The Morgan fingerprint density at radius 2 is 1.96 bits per heavy atom. The molecule has 3 N–H and O–H groups in total. The van der Waals surface area contributed by atoms with E-state index in [0.29, 0.717) is 29.6 Å². The highest BCUT2D eigenvalue weighted by Crippen LogP contribution is 2.27. The summed E-state index contributed by atoms with van der Waals surface area (Å²) in [6.07, 6.45) is 4.54. The molecule has 0 aliphatic heterocycles. The van der Waals surface area contributed by atoms with Crippen LogP contribution >= 0.6 is 0 Å². The molecule has 1 aromatic rings. The molecule has 24 heavy (non-hydrogen) atoms. The third-order valence-electron chi connectivity index (χ3n) is 3.86. The number of ether oxygens (including phenoxy) is 1. The number of anilines is 2. The van der Waals surface area contributed by atoms with E-state index in [1.807, 2.05) is 0 Å². The van der Waals surface area contributed by atoms with Crippen molar-refractivity contribution in [3.63, 3.8) is 0 Å². The molecule has 1 unspecified atom stereocenters. The Labute approximate surface area is 144 Å². The molecule has 1 rings (SSSR count). The fourth-order valence-corrected chi connectivity index (χ4v) is 2.42. The number of rotatable bonds is 9. The number of carbonyl (C=O) groups excluding carboxylic acids is 2. The van der Waals surface area contributed by atoms with Crippen molar-refractivity contribution in [2.24, 2.45) is 5.92 Å². The Bertz CT molecular complexity index is 546. The van der Waals surface area contributed by atoms with Crippen molar-refractivity contribution in [1.29, 1.82) is 0 Å². The SMILES string of the molecule is CCCCC(CC)CNC(=O)Nc1ccc(NC(C)=O)c(OC)c1. The minimum Gasteiger partial charge on any atom is -0.494 e. The molecule has 0 aliphatic carbocycles. The first-order valence-electron chi connectivity index (χ1n) is 8.50. The molecular formula is C18H29N3O3. The fourth-order valence-electron chi connectivity index (χ4n) is 2.42. The number of amides is 3. The largest absolute Gasteiger partial charge is 0.494 e. The molecule has 0 bridgehead atoms. The molecule has 0 saturated carbocycles. The van der Waals surface area contributed by atoms with E-state index in [1.165, 1.54) is 26.9 Å². The maximum Gasteiger partial charge on any atom is 0.319 e. The molecule has 0 saturated heterocycles. The van der Waals surface area contributed by atoms with Crippen LogP contribution in [0, 0.1) is 5.92 Å². The van der Waals surface area contributed by atoms with Gasteiger partial charge in [0, 0.05) is 25.2 Å². The summed E-state index contributed by atoms with van der Waals surface area (Å²) in [6, 6.07) is 4.87. The zero-order valence-corrected chi connectivity index (χ0v) is 15.1. The number of hydrogen-bond acceptors (Lipinski definition) is 3. The van der Waals surface area contributed by atoms with Gasteiger partial charge in [0.05, 0.1) is 12.8 Å². The molecule has 0 spiro atoms. The van der Waals surface area contributed by atoms with Gasteiger partial charge in [-0.15, -0.1) is 0 Å². The van der Waals surface area contributed by atoms with Crippen molar-refractivity contribution >= 4 is 23.3 Å². The van der Waals surface area contributed by atoms with Crippen LogP contribution in [0.25, 0.3) is 0 Å². The highest BCUT2D eigenvalue weighted by molar-refractivity contribution is 5.93. The average molecular weight is 335 g/mol. The lowest BCUT2D eigenvalue weighted by molar-refractivity contribution is -0.114. The van der Waals surface area contributed by atoms with Crippen molar-refractivity contribution < 1.29 is 14.3 Å². The van der Waals surface area contributed by atoms with Gasteiger partial charge in [0.25, 0.3) is 0 Å². The van der Waals surface area contributed by atoms with Crippen molar-refractivity contribution in [2.45, 2.75) is 46.5 Å². The molecule has 6 heteroatoms. The van der Waals surface area contributed by atoms with E-state index in [2.05, 4.69) is 29.8 Å². The average Bonchev–Trinajstić information content (AvgIpc) is 2.56. The first-order chi connectivity index (χ1) is 11.5. The number of urea groups is 1. The van der Waals surface area contributed by atoms with E-state index in [9.17, 15) is 9.59 Å². The second-order valence-electron chi connectivity index (χ2n) is 5.85. The molecule has 0 aromatic heterocycles. The number of nitrogens with one attached hydrogen (secondary N) is 3. The van der Waals surface area contributed by atoms with Gasteiger partial charge in [0.2, 0.25) is 5.91 Å². The van der Waals surface area contributed by atoms with Crippen LogP contribution in [0.5, 0.6) is 5.75 Å².